The molecule has 0 radical (unpaired) electrons. The smallest absolute Gasteiger partial charge is 0.240 e. The molecule has 4 heteroatoms. The maximum Gasteiger partial charge on any atom is 0.240 e. The zero-order chi connectivity index (χ0) is 13.8. The standard InChI is InChI=1S/C15H20N2O2/c1-2-13(15(16)19)17-10-12(9-14(17)18)8-11-6-4-3-5-7-11/h3-7,12-13H,2,8-10H2,1H3,(H2,16,19)/t12?,13-/m0/s1. The Labute approximate surface area is 113 Å². The van der Waals surface area contributed by atoms with Crippen LogP contribution in [-0.2, 0) is 16.0 Å². The van der Waals surface area contributed by atoms with Crippen molar-refractivity contribution < 1.29 is 9.59 Å². The van der Waals surface area contributed by atoms with Crippen molar-refractivity contribution in [2.24, 2.45) is 11.7 Å². The van der Waals surface area contributed by atoms with Crippen molar-refractivity contribution in [3.63, 3.8) is 0 Å². The second-order valence-corrected chi connectivity index (χ2v) is 5.13. The van der Waals surface area contributed by atoms with Gasteiger partial charge in [-0.3, -0.25) is 9.59 Å². The molecule has 4 nitrogen and oxygen atoms in total. The fourth-order valence-electron chi connectivity index (χ4n) is 2.77. The summed E-state index contributed by atoms with van der Waals surface area (Å²) in [5.41, 5.74) is 6.59. The average Bonchev–Trinajstić information content (AvgIpc) is 2.72. The third kappa shape index (κ3) is 3.13. The SMILES string of the molecule is CC[C@@H](C(N)=O)N1CC(Cc2ccccc2)CC1=O. The summed E-state index contributed by atoms with van der Waals surface area (Å²) < 4.78 is 0. The predicted molar refractivity (Wildman–Crippen MR) is 73.2 cm³/mol. The van der Waals surface area contributed by atoms with Crippen LogP contribution in [0.3, 0.4) is 0 Å². The van der Waals surface area contributed by atoms with E-state index in [4.69, 9.17) is 5.73 Å². The Bertz CT molecular complexity index is 458. The summed E-state index contributed by atoms with van der Waals surface area (Å²) in [5.74, 6) is -0.0777. The molecule has 0 saturated carbocycles. The van der Waals surface area contributed by atoms with Gasteiger partial charge in [0.2, 0.25) is 11.8 Å². The Morgan fingerprint density at radius 1 is 1.42 bits per heavy atom. The highest BCUT2D eigenvalue weighted by atomic mass is 16.2. The van der Waals surface area contributed by atoms with Crippen LogP contribution < -0.4 is 5.73 Å². The van der Waals surface area contributed by atoms with Crippen LogP contribution in [0.15, 0.2) is 30.3 Å². The van der Waals surface area contributed by atoms with E-state index in [1.54, 1.807) is 4.90 Å². The Hall–Kier alpha value is -1.84. The number of amides is 2. The molecule has 1 saturated heterocycles. The van der Waals surface area contributed by atoms with Gasteiger partial charge in [-0.15, -0.1) is 0 Å². The van der Waals surface area contributed by atoms with Gasteiger partial charge in [-0.1, -0.05) is 37.3 Å². The molecule has 1 aliphatic rings. The first-order valence-corrected chi connectivity index (χ1v) is 6.74. The Morgan fingerprint density at radius 3 is 2.68 bits per heavy atom. The molecular formula is C15H20N2O2. The van der Waals surface area contributed by atoms with Crippen molar-refractivity contribution >= 4 is 11.8 Å². The minimum absolute atomic E-state index is 0.0478. The van der Waals surface area contributed by atoms with E-state index in [9.17, 15) is 9.59 Å². The molecule has 2 atom stereocenters. The van der Waals surface area contributed by atoms with Gasteiger partial charge in [0.1, 0.15) is 6.04 Å². The lowest BCUT2D eigenvalue weighted by Crippen LogP contribution is -2.45. The maximum absolute atomic E-state index is 12.0. The molecule has 1 aromatic rings. The molecule has 19 heavy (non-hydrogen) atoms. The summed E-state index contributed by atoms with van der Waals surface area (Å²) in [7, 11) is 0. The normalized spacial score (nSPS) is 20.6. The Balaban J connectivity index is 2.01. The van der Waals surface area contributed by atoms with Gasteiger partial charge in [-0.25, -0.2) is 0 Å². The number of likely N-dealkylation sites (tertiary alicyclic amines) is 1. The monoisotopic (exact) mass is 260 g/mol. The number of nitrogens with two attached hydrogens (primary N) is 1. The van der Waals surface area contributed by atoms with Crippen molar-refractivity contribution in [3.05, 3.63) is 35.9 Å². The van der Waals surface area contributed by atoms with Crippen LogP contribution in [0.4, 0.5) is 0 Å². The van der Waals surface area contributed by atoms with Gasteiger partial charge >= 0.3 is 0 Å². The lowest BCUT2D eigenvalue weighted by Gasteiger charge is -2.24. The van der Waals surface area contributed by atoms with Crippen LogP contribution in [0, 0.1) is 5.92 Å². The first-order chi connectivity index (χ1) is 9.11. The lowest BCUT2D eigenvalue weighted by molar-refractivity contribution is -0.136. The molecule has 0 aromatic heterocycles. The molecule has 1 fully saturated rings. The van der Waals surface area contributed by atoms with E-state index in [1.165, 1.54) is 5.56 Å². The van der Waals surface area contributed by atoms with Gasteiger partial charge < -0.3 is 10.6 Å². The number of primary amides is 1. The molecule has 1 aliphatic heterocycles. The van der Waals surface area contributed by atoms with Gasteiger partial charge in [-0.05, 0) is 24.3 Å². The Kier molecular flexibility index (Phi) is 4.20. The molecule has 0 aliphatic carbocycles. The molecule has 0 spiro atoms. The molecule has 0 bridgehead atoms. The van der Waals surface area contributed by atoms with E-state index in [0.717, 1.165) is 6.42 Å². The summed E-state index contributed by atoms with van der Waals surface area (Å²) in [5, 5.41) is 0. The quantitative estimate of drug-likeness (QED) is 0.868. The number of hydrogen-bond acceptors (Lipinski definition) is 2. The van der Waals surface area contributed by atoms with E-state index < -0.39 is 11.9 Å². The number of carbonyl (C=O) groups is 2. The average molecular weight is 260 g/mol. The van der Waals surface area contributed by atoms with Gasteiger partial charge in [0.25, 0.3) is 0 Å². The number of nitrogens with zero attached hydrogens (tertiary/aromatic N) is 1. The van der Waals surface area contributed by atoms with Crippen LogP contribution in [0.1, 0.15) is 25.3 Å². The Morgan fingerprint density at radius 2 is 2.11 bits per heavy atom. The van der Waals surface area contributed by atoms with E-state index in [0.29, 0.717) is 19.4 Å². The molecule has 2 rings (SSSR count). The third-order valence-electron chi connectivity index (χ3n) is 3.70. The third-order valence-corrected chi connectivity index (χ3v) is 3.70. The fourth-order valence-corrected chi connectivity index (χ4v) is 2.77. The highest BCUT2D eigenvalue weighted by molar-refractivity contribution is 5.87. The van der Waals surface area contributed by atoms with Gasteiger partial charge in [-0.2, -0.15) is 0 Å². The van der Waals surface area contributed by atoms with Gasteiger partial charge in [0.15, 0.2) is 0 Å². The molecule has 2 N–H and O–H groups in total. The van der Waals surface area contributed by atoms with Crippen molar-refractivity contribution in [1.29, 1.82) is 0 Å². The first-order valence-electron chi connectivity index (χ1n) is 6.74. The predicted octanol–water partition coefficient (Wildman–Crippen LogP) is 1.34. The largest absolute Gasteiger partial charge is 0.368 e. The minimum atomic E-state index is -0.451. The maximum atomic E-state index is 12.0. The van der Waals surface area contributed by atoms with Crippen LogP contribution in [0.2, 0.25) is 0 Å². The molecule has 102 valence electrons. The zero-order valence-electron chi connectivity index (χ0n) is 11.2. The highest BCUT2D eigenvalue weighted by Crippen LogP contribution is 2.24. The topological polar surface area (TPSA) is 63.4 Å². The van der Waals surface area contributed by atoms with Crippen molar-refractivity contribution in [1.82, 2.24) is 4.90 Å². The van der Waals surface area contributed by atoms with Crippen LogP contribution in [0.5, 0.6) is 0 Å². The van der Waals surface area contributed by atoms with Gasteiger partial charge in [0, 0.05) is 13.0 Å². The molecule has 1 unspecified atom stereocenters. The molecule has 1 aromatic carbocycles. The second kappa shape index (κ2) is 5.87. The fraction of sp³-hybridized carbons (Fsp3) is 0.467. The van der Waals surface area contributed by atoms with Gasteiger partial charge in [0.05, 0.1) is 0 Å². The van der Waals surface area contributed by atoms with Crippen LogP contribution >= 0.6 is 0 Å². The minimum Gasteiger partial charge on any atom is -0.368 e. The number of carbonyl (C=O) groups excluding carboxylic acids is 2. The molecule has 2 amide bonds. The summed E-state index contributed by atoms with van der Waals surface area (Å²) in [6, 6.07) is 9.67. The van der Waals surface area contributed by atoms with Crippen LogP contribution in [0.25, 0.3) is 0 Å². The first kappa shape index (κ1) is 13.6. The number of benzene rings is 1. The summed E-state index contributed by atoms with van der Waals surface area (Å²) >= 11 is 0. The van der Waals surface area contributed by atoms with E-state index in [2.05, 4.69) is 12.1 Å². The number of rotatable bonds is 5. The molecule has 1 heterocycles. The van der Waals surface area contributed by atoms with Crippen LogP contribution in [-0.4, -0.2) is 29.3 Å². The highest BCUT2D eigenvalue weighted by Gasteiger charge is 2.35. The summed E-state index contributed by atoms with van der Waals surface area (Å²) in [4.78, 5) is 25.0. The van der Waals surface area contributed by atoms with E-state index >= 15 is 0 Å². The van der Waals surface area contributed by atoms with Crippen molar-refractivity contribution in [2.45, 2.75) is 32.2 Å². The number of hydrogen-bond donors (Lipinski definition) is 1. The summed E-state index contributed by atoms with van der Waals surface area (Å²) in [6.45, 7) is 2.52. The van der Waals surface area contributed by atoms with E-state index in [-0.39, 0.29) is 11.8 Å². The van der Waals surface area contributed by atoms with E-state index in [1.807, 2.05) is 25.1 Å². The summed E-state index contributed by atoms with van der Waals surface area (Å²) in [6.07, 6.45) is 1.97. The second-order valence-electron chi connectivity index (χ2n) is 5.13. The molecular weight excluding hydrogens is 240 g/mol. The van der Waals surface area contributed by atoms with Crippen molar-refractivity contribution in [3.8, 4) is 0 Å². The lowest BCUT2D eigenvalue weighted by atomic mass is 9.99. The zero-order valence-corrected chi connectivity index (χ0v) is 11.2. The van der Waals surface area contributed by atoms with Crippen molar-refractivity contribution in [2.75, 3.05) is 6.54 Å².